The van der Waals surface area contributed by atoms with Crippen molar-refractivity contribution >= 4 is 33.1 Å². The van der Waals surface area contributed by atoms with E-state index in [0.29, 0.717) is 34.8 Å². The Bertz CT molecular complexity index is 1300. The van der Waals surface area contributed by atoms with Gasteiger partial charge < -0.3 is 15.4 Å². The fourth-order valence-electron chi connectivity index (χ4n) is 4.79. The van der Waals surface area contributed by atoms with Crippen LogP contribution in [0.2, 0.25) is 0 Å². The standard InChI is InChI=1S/C24H29N7O3S/c1-16(2)22(31-11-24(12-31)13-34-14-24)17-6-7-19(26-10-17)29-20-9-21(28-15-27-20)30-23-18(35(3,32)33)5-4-8-25-23/h4-10,15-16,22H,11-14H2,1-3H3,(H2,25,26,27,28,29,30)/t22-/m0/s1. The molecule has 11 heteroatoms. The number of nitrogens with zero attached hydrogens (tertiary/aromatic N) is 5. The minimum absolute atomic E-state index is 0.100. The number of hydrogen-bond donors (Lipinski definition) is 2. The molecule has 3 aromatic heterocycles. The maximum Gasteiger partial charge on any atom is 0.179 e. The van der Waals surface area contributed by atoms with Crippen LogP contribution in [0.1, 0.15) is 25.5 Å². The molecule has 1 atom stereocenters. The Balaban J connectivity index is 1.28. The van der Waals surface area contributed by atoms with Gasteiger partial charge in [-0.25, -0.2) is 28.4 Å². The molecule has 2 aliphatic rings. The molecule has 184 valence electrons. The highest BCUT2D eigenvalue weighted by atomic mass is 32.2. The molecule has 5 rings (SSSR count). The predicted molar refractivity (Wildman–Crippen MR) is 133 cm³/mol. The lowest BCUT2D eigenvalue weighted by atomic mass is 9.75. The number of nitrogens with one attached hydrogen (secondary N) is 2. The fourth-order valence-corrected chi connectivity index (χ4v) is 5.57. The smallest absolute Gasteiger partial charge is 0.179 e. The van der Waals surface area contributed by atoms with E-state index >= 15 is 0 Å². The summed E-state index contributed by atoms with van der Waals surface area (Å²) in [5.74, 6) is 2.27. The molecule has 0 saturated carbocycles. The van der Waals surface area contributed by atoms with Crippen molar-refractivity contribution in [1.29, 1.82) is 0 Å². The second-order valence-electron chi connectivity index (χ2n) is 9.72. The molecular weight excluding hydrogens is 466 g/mol. The third kappa shape index (κ3) is 4.97. The molecule has 3 aromatic rings. The molecule has 0 bridgehead atoms. The van der Waals surface area contributed by atoms with Crippen LogP contribution in [0.5, 0.6) is 0 Å². The van der Waals surface area contributed by atoms with Gasteiger partial charge in [-0.05, 0) is 29.7 Å². The van der Waals surface area contributed by atoms with E-state index in [0.717, 1.165) is 32.6 Å². The monoisotopic (exact) mass is 495 g/mol. The quantitative estimate of drug-likeness (QED) is 0.482. The molecule has 0 aromatic carbocycles. The molecule has 2 aliphatic heterocycles. The van der Waals surface area contributed by atoms with Gasteiger partial charge in [0.15, 0.2) is 9.84 Å². The Kier molecular flexibility index (Phi) is 6.16. The highest BCUT2D eigenvalue weighted by Crippen LogP contribution is 2.44. The highest BCUT2D eigenvalue weighted by molar-refractivity contribution is 7.90. The molecule has 0 aliphatic carbocycles. The molecule has 2 fully saturated rings. The average Bonchev–Trinajstić information content (AvgIpc) is 2.75. The van der Waals surface area contributed by atoms with Crippen LogP contribution < -0.4 is 10.6 Å². The first kappa shape index (κ1) is 23.6. The maximum absolute atomic E-state index is 12.0. The van der Waals surface area contributed by atoms with Crippen molar-refractivity contribution in [1.82, 2.24) is 24.8 Å². The van der Waals surface area contributed by atoms with E-state index < -0.39 is 9.84 Å². The largest absolute Gasteiger partial charge is 0.380 e. The van der Waals surface area contributed by atoms with Crippen LogP contribution >= 0.6 is 0 Å². The first-order valence-electron chi connectivity index (χ1n) is 11.5. The van der Waals surface area contributed by atoms with E-state index in [1.165, 1.54) is 24.2 Å². The Hall–Kier alpha value is -3.15. The van der Waals surface area contributed by atoms with Gasteiger partial charge in [0.1, 0.15) is 34.5 Å². The third-order valence-electron chi connectivity index (χ3n) is 6.39. The zero-order valence-corrected chi connectivity index (χ0v) is 20.8. The summed E-state index contributed by atoms with van der Waals surface area (Å²) in [6.07, 6.45) is 5.97. The van der Waals surface area contributed by atoms with Crippen molar-refractivity contribution in [3.63, 3.8) is 0 Å². The van der Waals surface area contributed by atoms with Gasteiger partial charge in [-0.15, -0.1) is 0 Å². The van der Waals surface area contributed by atoms with Crippen LogP contribution in [-0.2, 0) is 14.6 Å². The molecule has 10 nitrogen and oxygen atoms in total. The number of rotatable bonds is 8. The number of aromatic nitrogens is 4. The summed E-state index contributed by atoms with van der Waals surface area (Å²) in [6, 6.07) is 9.13. The molecule has 1 spiro atoms. The minimum atomic E-state index is -3.44. The van der Waals surface area contributed by atoms with E-state index in [1.54, 1.807) is 12.1 Å². The zero-order valence-electron chi connectivity index (χ0n) is 20.0. The summed E-state index contributed by atoms with van der Waals surface area (Å²) in [7, 11) is -3.44. The predicted octanol–water partition coefficient (Wildman–Crippen LogP) is 3.19. The van der Waals surface area contributed by atoms with Gasteiger partial charge in [-0.1, -0.05) is 19.9 Å². The van der Waals surface area contributed by atoms with Crippen molar-refractivity contribution in [2.24, 2.45) is 11.3 Å². The number of anilines is 4. The second kappa shape index (κ2) is 9.14. The summed E-state index contributed by atoms with van der Waals surface area (Å²) in [5, 5.41) is 6.15. The van der Waals surface area contributed by atoms with E-state index in [9.17, 15) is 8.42 Å². The zero-order chi connectivity index (χ0) is 24.6. The van der Waals surface area contributed by atoms with Crippen LogP contribution in [-0.4, -0.2) is 65.8 Å². The third-order valence-corrected chi connectivity index (χ3v) is 7.51. The van der Waals surface area contributed by atoms with E-state index in [1.807, 2.05) is 12.3 Å². The molecule has 0 radical (unpaired) electrons. The molecule has 5 heterocycles. The molecule has 0 amide bonds. The lowest BCUT2D eigenvalue weighted by molar-refractivity contribution is -0.202. The van der Waals surface area contributed by atoms with Crippen molar-refractivity contribution < 1.29 is 13.2 Å². The van der Waals surface area contributed by atoms with Gasteiger partial charge >= 0.3 is 0 Å². The first-order valence-corrected chi connectivity index (χ1v) is 13.4. The normalized spacial score (nSPS) is 18.1. The average molecular weight is 496 g/mol. The van der Waals surface area contributed by atoms with Crippen LogP contribution in [0.4, 0.5) is 23.3 Å². The molecule has 0 unspecified atom stereocenters. The van der Waals surface area contributed by atoms with Gasteiger partial charge in [-0.2, -0.15) is 0 Å². The summed E-state index contributed by atoms with van der Waals surface area (Å²) < 4.78 is 29.5. The first-order chi connectivity index (χ1) is 16.7. The maximum atomic E-state index is 12.0. The van der Waals surface area contributed by atoms with Gasteiger partial charge in [0, 0.05) is 49.3 Å². The Morgan fingerprint density at radius 2 is 1.74 bits per heavy atom. The highest BCUT2D eigenvalue weighted by Gasteiger charge is 2.51. The second-order valence-corrected chi connectivity index (χ2v) is 11.7. The Morgan fingerprint density at radius 3 is 2.34 bits per heavy atom. The number of likely N-dealkylation sites (tertiary alicyclic amines) is 1. The SMILES string of the molecule is CC(C)[C@@H](c1ccc(Nc2cc(Nc3ncccc3S(C)(=O)=O)ncn2)nc1)N1CC2(COC2)C1. The Labute approximate surface area is 205 Å². The summed E-state index contributed by atoms with van der Waals surface area (Å²) in [4.78, 5) is 19.8. The topological polar surface area (TPSA) is 122 Å². The van der Waals surface area contributed by atoms with Crippen LogP contribution in [0.3, 0.4) is 0 Å². The molecule has 35 heavy (non-hydrogen) atoms. The molecule has 2 saturated heterocycles. The van der Waals surface area contributed by atoms with Crippen molar-refractivity contribution in [2.75, 3.05) is 43.2 Å². The minimum Gasteiger partial charge on any atom is -0.380 e. The number of sulfone groups is 1. The lowest BCUT2D eigenvalue weighted by Crippen LogP contribution is -2.66. The van der Waals surface area contributed by atoms with Crippen LogP contribution in [0.15, 0.2) is 53.9 Å². The van der Waals surface area contributed by atoms with Gasteiger partial charge in [0.2, 0.25) is 0 Å². The van der Waals surface area contributed by atoms with Gasteiger partial charge in [-0.3, -0.25) is 4.90 Å². The van der Waals surface area contributed by atoms with E-state index in [2.05, 4.69) is 55.4 Å². The molecule has 2 N–H and O–H groups in total. The van der Waals surface area contributed by atoms with Crippen LogP contribution in [0.25, 0.3) is 0 Å². The summed E-state index contributed by atoms with van der Waals surface area (Å²) in [6.45, 7) is 8.38. The number of hydrogen-bond acceptors (Lipinski definition) is 10. The van der Waals surface area contributed by atoms with Crippen molar-refractivity contribution in [2.45, 2.75) is 24.8 Å². The summed E-state index contributed by atoms with van der Waals surface area (Å²) in [5.41, 5.74) is 1.56. The van der Waals surface area contributed by atoms with E-state index in [-0.39, 0.29) is 10.7 Å². The van der Waals surface area contributed by atoms with Gasteiger partial charge in [0.25, 0.3) is 0 Å². The number of pyridine rings is 2. The number of ether oxygens (including phenoxy) is 1. The van der Waals surface area contributed by atoms with Gasteiger partial charge in [0.05, 0.1) is 13.2 Å². The Morgan fingerprint density at radius 1 is 1.00 bits per heavy atom. The lowest BCUT2D eigenvalue weighted by Gasteiger charge is -2.58. The van der Waals surface area contributed by atoms with Crippen molar-refractivity contribution in [3.05, 3.63) is 54.6 Å². The van der Waals surface area contributed by atoms with Crippen molar-refractivity contribution in [3.8, 4) is 0 Å². The summed E-state index contributed by atoms with van der Waals surface area (Å²) >= 11 is 0. The fraction of sp³-hybridized carbons (Fsp3) is 0.417. The van der Waals surface area contributed by atoms with Crippen LogP contribution in [0, 0.1) is 11.3 Å². The van der Waals surface area contributed by atoms with E-state index in [4.69, 9.17) is 4.74 Å². The molecular formula is C24H29N7O3S.